The van der Waals surface area contributed by atoms with Gasteiger partial charge < -0.3 is 14.7 Å². The van der Waals surface area contributed by atoms with Gasteiger partial charge in [-0.25, -0.2) is 9.59 Å². The quantitative estimate of drug-likeness (QED) is 0.846. The number of carboxylic acid groups (broad SMARTS) is 1. The number of aliphatic carboxylic acids is 1. The molecule has 20 heavy (non-hydrogen) atoms. The van der Waals surface area contributed by atoms with Crippen LogP contribution in [0, 0.1) is 0 Å². The van der Waals surface area contributed by atoms with Crippen LogP contribution < -0.4 is 0 Å². The van der Waals surface area contributed by atoms with Gasteiger partial charge in [0, 0.05) is 12.7 Å². The molecule has 7 heteroatoms. The molecule has 1 amide bonds. The Morgan fingerprint density at radius 1 is 1.45 bits per heavy atom. The number of aromatic nitrogens is 2. The van der Waals surface area contributed by atoms with E-state index in [2.05, 4.69) is 5.10 Å². The third-order valence-corrected chi connectivity index (χ3v) is 3.01. The van der Waals surface area contributed by atoms with E-state index < -0.39 is 23.7 Å². The highest BCUT2D eigenvalue weighted by Crippen LogP contribution is 2.22. The fraction of sp³-hybridized carbons (Fsp3) is 0.615. The number of carbonyl (C=O) groups is 2. The van der Waals surface area contributed by atoms with Crippen LogP contribution in [0.5, 0.6) is 0 Å². The van der Waals surface area contributed by atoms with Crippen molar-refractivity contribution in [2.75, 3.05) is 6.54 Å². The zero-order valence-electron chi connectivity index (χ0n) is 11.9. The number of nitrogens with zero attached hydrogens (tertiary/aromatic N) is 3. The molecular weight excluding hydrogens is 262 g/mol. The molecule has 2 rings (SSSR count). The Kier molecular flexibility index (Phi) is 3.69. The van der Waals surface area contributed by atoms with Crippen molar-refractivity contribution >= 4 is 12.1 Å². The zero-order valence-corrected chi connectivity index (χ0v) is 11.9. The van der Waals surface area contributed by atoms with Crippen LogP contribution in [0.2, 0.25) is 0 Å². The van der Waals surface area contributed by atoms with Crippen LogP contribution >= 0.6 is 0 Å². The van der Waals surface area contributed by atoms with E-state index in [4.69, 9.17) is 4.74 Å². The van der Waals surface area contributed by atoms with Gasteiger partial charge in [-0.05, 0) is 33.3 Å². The van der Waals surface area contributed by atoms with Gasteiger partial charge in [0.05, 0.1) is 12.2 Å². The zero-order chi connectivity index (χ0) is 14.9. The van der Waals surface area contributed by atoms with E-state index >= 15 is 0 Å². The number of hydrogen-bond donors (Lipinski definition) is 1. The predicted octanol–water partition coefficient (Wildman–Crippen LogP) is 1.65. The van der Waals surface area contributed by atoms with Crippen molar-refractivity contribution in [3.8, 4) is 0 Å². The Morgan fingerprint density at radius 3 is 2.75 bits per heavy atom. The monoisotopic (exact) mass is 281 g/mol. The van der Waals surface area contributed by atoms with E-state index in [-0.39, 0.29) is 0 Å². The van der Waals surface area contributed by atoms with Gasteiger partial charge in [0.2, 0.25) is 0 Å². The van der Waals surface area contributed by atoms with Crippen LogP contribution in [0.1, 0.15) is 38.9 Å². The fourth-order valence-electron chi connectivity index (χ4n) is 2.13. The van der Waals surface area contributed by atoms with E-state index in [1.54, 1.807) is 33.0 Å². The van der Waals surface area contributed by atoms with Crippen molar-refractivity contribution in [1.29, 1.82) is 0 Å². The number of amides is 1. The number of ether oxygens (including phenoxy) is 1. The summed E-state index contributed by atoms with van der Waals surface area (Å²) in [6, 6.07) is 0.978. The van der Waals surface area contributed by atoms with E-state index in [0.717, 1.165) is 0 Å². The second kappa shape index (κ2) is 5.15. The number of carbonyl (C=O) groups excluding carboxylic acids is 1. The lowest BCUT2D eigenvalue weighted by Crippen LogP contribution is -2.36. The highest BCUT2D eigenvalue weighted by atomic mass is 16.6. The summed E-state index contributed by atoms with van der Waals surface area (Å²) in [6.45, 7) is 6.03. The molecule has 7 nitrogen and oxygen atoms in total. The highest BCUT2D eigenvalue weighted by molar-refractivity contribution is 5.72. The van der Waals surface area contributed by atoms with Crippen LogP contribution in [-0.4, -0.2) is 44.0 Å². The molecule has 2 heterocycles. The van der Waals surface area contributed by atoms with Crippen LogP contribution in [0.25, 0.3) is 0 Å². The van der Waals surface area contributed by atoms with Crippen LogP contribution in [0.4, 0.5) is 4.79 Å². The molecule has 0 saturated heterocycles. The van der Waals surface area contributed by atoms with Crippen molar-refractivity contribution < 1.29 is 19.4 Å². The molecule has 110 valence electrons. The maximum absolute atomic E-state index is 12.1. The Hall–Kier alpha value is -2.05. The molecule has 0 radical (unpaired) electrons. The molecule has 1 aromatic rings. The summed E-state index contributed by atoms with van der Waals surface area (Å²) in [5.41, 5.74) is 0.122. The van der Waals surface area contributed by atoms with E-state index in [1.807, 2.05) is 0 Å². The van der Waals surface area contributed by atoms with Gasteiger partial charge >= 0.3 is 12.1 Å². The molecule has 1 N–H and O–H groups in total. The minimum atomic E-state index is -0.944. The minimum Gasteiger partial charge on any atom is -0.480 e. The first-order chi connectivity index (χ1) is 9.28. The molecule has 1 aliphatic rings. The molecule has 1 unspecified atom stereocenters. The molecule has 0 bridgehead atoms. The first kappa shape index (κ1) is 14.4. The Bertz CT molecular complexity index is 518. The Balaban J connectivity index is 2.18. The molecule has 0 spiro atoms. The molecule has 0 saturated carbocycles. The van der Waals surface area contributed by atoms with Gasteiger partial charge in [-0.3, -0.25) is 4.68 Å². The molecule has 0 fully saturated rings. The lowest BCUT2D eigenvalue weighted by atomic mass is 10.2. The second-order valence-corrected chi connectivity index (χ2v) is 5.81. The number of rotatable bonds is 1. The minimum absolute atomic E-state index is 0.304. The van der Waals surface area contributed by atoms with Gasteiger partial charge in [-0.1, -0.05) is 0 Å². The first-order valence-electron chi connectivity index (χ1n) is 6.51. The van der Waals surface area contributed by atoms with Crippen molar-refractivity contribution in [2.24, 2.45) is 0 Å². The topological polar surface area (TPSA) is 84.7 Å². The lowest BCUT2D eigenvalue weighted by molar-refractivity contribution is -0.141. The summed E-state index contributed by atoms with van der Waals surface area (Å²) in [5.74, 6) is -0.944. The predicted molar refractivity (Wildman–Crippen MR) is 70.2 cm³/mol. The van der Waals surface area contributed by atoms with Gasteiger partial charge in [0.1, 0.15) is 5.60 Å². The average Bonchev–Trinajstić information content (AvgIpc) is 2.66. The van der Waals surface area contributed by atoms with Gasteiger partial charge in [0.15, 0.2) is 6.04 Å². The Morgan fingerprint density at radius 2 is 2.15 bits per heavy atom. The normalized spacial score (nSPS) is 19.1. The smallest absolute Gasteiger partial charge is 0.410 e. The van der Waals surface area contributed by atoms with E-state index in [0.29, 0.717) is 25.2 Å². The Labute approximate surface area is 117 Å². The second-order valence-electron chi connectivity index (χ2n) is 5.81. The summed E-state index contributed by atoms with van der Waals surface area (Å²) in [5, 5.41) is 13.3. The van der Waals surface area contributed by atoms with Crippen LogP contribution in [0.3, 0.4) is 0 Å². The van der Waals surface area contributed by atoms with Crippen molar-refractivity contribution in [3.05, 3.63) is 18.0 Å². The molecule has 0 aromatic carbocycles. The number of carboxylic acids is 1. The summed E-state index contributed by atoms with van der Waals surface area (Å²) in [7, 11) is 0. The largest absolute Gasteiger partial charge is 0.480 e. The van der Waals surface area contributed by atoms with Crippen molar-refractivity contribution in [1.82, 2.24) is 14.7 Å². The lowest BCUT2D eigenvalue weighted by Gasteiger charge is -2.26. The van der Waals surface area contributed by atoms with E-state index in [1.165, 1.54) is 9.58 Å². The molecular formula is C13H19N3O4. The van der Waals surface area contributed by atoms with E-state index in [9.17, 15) is 14.7 Å². The number of hydrogen-bond acceptors (Lipinski definition) is 4. The SMILES string of the molecule is CC(C)(C)OC(=O)N1CCC(C(=O)O)n2nccc2C1. The third-order valence-electron chi connectivity index (χ3n) is 3.01. The molecule has 1 aromatic heterocycles. The summed E-state index contributed by atoms with van der Waals surface area (Å²) < 4.78 is 6.79. The maximum atomic E-state index is 12.1. The van der Waals surface area contributed by atoms with Gasteiger partial charge in [0.25, 0.3) is 0 Å². The average molecular weight is 281 g/mol. The molecule has 1 atom stereocenters. The van der Waals surface area contributed by atoms with Crippen molar-refractivity contribution in [3.63, 3.8) is 0 Å². The standard InChI is InChI=1S/C13H19N3O4/c1-13(2,3)20-12(19)15-7-5-10(11(17)18)16-9(8-15)4-6-14-16/h4,6,10H,5,7-8H2,1-3H3,(H,17,18). The third kappa shape index (κ3) is 3.09. The fourth-order valence-corrected chi connectivity index (χ4v) is 2.13. The number of fused-ring (bicyclic) bond motifs is 1. The molecule has 1 aliphatic heterocycles. The molecule has 0 aliphatic carbocycles. The van der Waals surface area contributed by atoms with Gasteiger partial charge in [-0.2, -0.15) is 5.10 Å². The maximum Gasteiger partial charge on any atom is 0.410 e. The first-order valence-corrected chi connectivity index (χ1v) is 6.51. The summed E-state index contributed by atoms with van der Waals surface area (Å²) >= 11 is 0. The van der Waals surface area contributed by atoms with Crippen LogP contribution in [0.15, 0.2) is 12.3 Å². The van der Waals surface area contributed by atoms with Gasteiger partial charge in [-0.15, -0.1) is 0 Å². The highest BCUT2D eigenvalue weighted by Gasteiger charge is 2.31. The summed E-state index contributed by atoms with van der Waals surface area (Å²) in [4.78, 5) is 24.9. The van der Waals surface area contributed by atoms with Crippen LogP contribution in [-0.2, 0) is 16.1 Å². The summed E-state index contributed by atoms with van der Waals surface area (Å²) in [6.07, 6.45) is 1.42. The van der Waals surface area contributed by atoms with Crippen molar-refractivity contribution in [2.45, 2.75) is 45.4 Å².